The van der Waals surface area contributed by atoms with Crippen molar-refractivity contribution in [3.8, 4) is 0 Å². The van der Waals surface area contributed by atoms with E-state index in [-0.39, 0.29) is 6.10 Å². The minimum Gasteiger partial charge on any atom is -0.370 e. The van der Waals surface area contributed by atoms with Gasteiger partial charge in [-0.25, -0.2) is 9.97 Å². The van der Waals surface area contributed by atoms with Crippen molar-refractivity contribution < 1.29 is 4.74 Å². The highest BCUT2D eigenvalue weighted by Gasteiger charge is 2.34. The van der Waals surface area contributed by atoms with Crippen LogP contribution in [0.5, 0.6) is 0 Å². The molecule has 4 nitrogen and oxygen atoms in total. The van der Waals surface area contributed by atoms with Crippen LogP contribution in [0.15, 0.2) is 12.4 Å². The molecule has 1 heterocycles. The van der Waals surface area contributed by atoms with Crippen molar-refractivity contribution in [2.24, 2.45) is 5.92 Å². The Labute approximate surface area is 109 Å². The normalized spacial score (nSPS) is 16.8. The molecule has 0 bridgehead atoms. The van der Waals surface area contributed by atoms with Gasteiger partial charge in [0.25, 0.3) is 0 Å². The summed E-state index contributed by atoms with van der Waals surface area (Å²) in [5.74, 6) is 1.48. The summed E-state index contributed by atoms with van der Waals surface area (Å²) in [7, 11) is 0. The molecule has 4 heteroatoms. The highest BCUT2D eigenvalue weighted by Crippen LogP contribution is 2.41. The molecule has 1 saturated carbocycles. The number of rotatable bonds is 8. The first-order valence-electron chi connectivity index (χ1n) is 6.98. The second-order valence-corrected chi connectivity index (χ2v) is 4.84. The number of aromatic nitrogens is 2. The van der Waals surface area contributed by atoms with E-state index in [0.29, 0.717) is 5.92 Å². The molecule has 0 radical (unpaired) electrons. The molecule has 2 rings (SSSR count). The van der Waals surface area contributed by atoms with Crippen molar-refractivity contribution in [1.29, 1.82) is 0 Å². The van der Waals surface area contributed by atoms with Crippen LogP contribution in [0.2, 0.25) is 0 Å². The minimum absolute atomic E-state index is 0.104. The quantitative estimate of drug-likeness (QED) is 0.719. The third kappa shape index (κ3) is 3.75. The second kappa shape index (κ2) is 6.81. The molecule has 1 aliphatic carbocycles. The molecular weight excluding hydrogens is 226 g/mol. The van der Waals surface area contributed by atoms with E-state index >= 15 is 0 Å². The fourth-order valence-electron chi connectivity index (χ4n) is 2.01. The van der Waals surface area contributed by atoms with Gasteiger partial charge in [-0.1, -0.05) is 6.92 Å². The third-order valence-electron chi connectivity index (χ3n) is 3.13. The first-order chi connectivity index (χ1) is 8.85. The molecular formula is C14H23N3O. The van der Waals surface area contributed by atoms with Gasteiger partial charge in [-0.05, 0) is 38.6 Å². The van der Waals surface area contributed by atoms with Gasteiger partial charge < -0.3 is 10.1 Å². The van der Waals surface area contributed by atoms with Gasteiger partial charge >= 0.3 is 0 Å². The standard InChI is InChI=1S/C14H23N3O/c1-3-7-15-8-11-9-16-14(17-10-11)13(18-4-2)12-5-6-12/h9-10,12-13,15H,3-8H2,1-2H3. The van der Waals surface area contributed by atoms with E-state index < -0.39 is 0 Å². The maximum absolute atomic E-state index is 5.75. The SMILES string of the molecule is CCCNCc1cnc(C(OCC)C2CC2)nc1. The van der Waals surface area contributed by atoms with Crippen molar-refractivity contribution in [1.82, 2.24) is 15.3 Å². The van der Waals surface area contributed by atoms with Crippen LogP contribution in [-0.4, -0.2) is 23.1 Å². The lowest BCUT2D eigenvalue weighted by Crippen LogP contribution is -2.15. The molecule has 1 atom stereocenters. The van der Waals surface area contributed by atoms with Crippen LogP contribution in [0.3, 0.4) is 0 Å². The Morgan fingerprint density at radius 3 is 2.61 bits per heavy atom. The molecule has 0 aromatic carbocycles. The summed E-state index contributed by atoms with van der Waals surface area (Å²) >= 11 is 0. The molecule has 1 unspecified atom stereocenters. The van der Waals surface area contributed by atoms with E-state index in [1.54, 1.807) is 0 Å². The number of nitrogens with one attached hydrogen (secondary N) is 1. The molecule has 18 heavy (non-hydrogen) atoms. The van der Waals surface area contributed by atoms with E-state index in [2.05, 4.69) is 22.2 Å². The lowest BCUT2D eigenvalue weighted by atomic mass is 10.2. The van der Waals surface area contributed by atoms with Gasteiger partial charge in [-0.3, -0.25) is 0 Å². The Kier molecular flexibility index (Phi) is 5.08. The largest absolute Gasteiger partial charge is 0.370 e. The lowest BCUT2D eigenvalue weighted by Gasteiger charge is -2.14. The topological polar surface area (TPSA) is 47.0 Å². The number of hydrogen-bond acceptors (Lipinski definition) is 4. The van der Waals surface area contributed by atoms with Crippen molar-refractivity contribution in [2.75, 3.05) is 13.2 Å². The summed E-state index contributed by atoms with van der Waals surface area (Å²) in [4.78, 5) is 8.92. The van der Waals surface area contributed by atoms with Gasteiger partial charge in [0.2, 0.25) is 0 Å². The van der Waals surface area contributed by atoms with Crippen LogP contribution in [0.4, 0.5) is 0 Å². The highest BCUT2D eigenvalue weighted by molar-refractivity contribution is 5.08. The van der Waals surface area contributed by atoms with Gasteiger partial charge in [-0.2, -0.15) is 0 Å². The zero-order valence-electron chi connectivity index (χ0n) is 11.4. The first kappa shape index (κ1) is 13.4. The molecule has 0 saturated heterocycles. The average molecular weight is 249 g/mol. The number of nitrogens with zero attached hydrogens (tertiary/aromatic N) is 2. The smallest absolute Gasteiger partial charge is 0.157 e. The van der Waals surface area contributed by atoms with E-state index in [9.17, 15) is 0 Å². The van der Waals surface area contributed by atoms with Crippen molar-refractivity contribution >= 4 is 0 Å². The van der Waals surface area contributed by atoms with Crippen LogP contribution in [0.1, 0.15) is 50.6 Å². The lowest BCUT2D eigenvalue weighted by molar-refractivity contribution is 0.0400. The van der Waals surface area contributed by atoms with Crippen molar-refractivity contribution in [3.63, 3.8) is 0 Å². The van der Waals surface area contributed by atoms with Crippen molar-refractivity contribution in [3.05, 3.63) is 23.8 Å². The zero-order valence-corrected chi connectivity index (χ0v) is 11.4. The minimum atomic E-state index is 0.104. The molecule has 0 aliphatic heterocycles. The van der Waals surface area contributed by atoms with E-state index in [0.717, 1.165) is 37.5 Å². The second-order valence-electron chi connectivity index (χ2n) is 4.84. The fraction of sp³-hybridized carbons (Fsp3) is 0.714. The highest BCUT2D eigenvalue weighted by atomic mass is 16.5. The van der Waals surface area contributed by atoms with Gasteiger partial charge in [-0.15, -0.1) is 0 Å². The van der Waals surface area contributed by atoms with E-state index in [1.807, 2.05) is 19.3 Å². The molecule has 100 valence electrons. The van der Waals surface area contributed by atoms with Crippen LogP contribution in [0, 0.1) is 5.92 Å². The fourth-order valence-corrected chi connectivity index (χ4v) is 2.01. The Hall–Kier alpha value is -1.00. The molecule has 0 amide bonds. The van der Waals surface area contributed by atoms with Gasteiger partial charge in [0.15, 0.2) is 5.82 Å². The molecule has 1 aliphatic rings. The summed E-state index contributed by atoms with van der Waals surface area (Å²) < 4.78 is 5.75. The molecule has 1 N–H and O–H groups in total. The van der Waals surface area contributed by atoms with Gasteiger partial charge in [0, 0.05) is 31.1 Å². The van der Waals surface area contributed by atoms with Crippen LogP contribution >= 0.6 is 0 Å². The number of ether oxygens (including phenoxy) is 1. The maximum atomic E-state index is 5.75. The predicted molar refractivity (Wildman–Crippen MR) is 71.1 cm³/mol. The third-order valence-corrected chi connectivity index (χ3v) is 3.13. The monoisotopic (exact) mass is 249 g/mol. The summed E-state index contributed by atoms with van der Waals surface area (Å²) in [6, 6.07) is 0. The summed E-state index contributed by atoms with van der Waals surface area (Å²) in [5.41, 5.74) is 1.14. The van der Waals surface area contributed by atoms with Crippen LogP contribution in [0.25, 0.3) is 0 Å². The summed E-state index contributed by atoms with van der Waals surface area (Å²) in [5, 5.41) is 3.35. The summed E-state index contributed by atoms with van der Waals surface area (Å²) in [6.07, 6.45) is 7.57. The molecule has 0 spiro atoms. The van der Waals surface area contributed by atoms with Crippen LogP contribution < -0.4 is 5.32 Å². The molecule has 1 aromatic rings. The van der Waals surface area contributed by atoms with Gasteiger partial charge in [0.1, 0.15) is 6.10 Å². The Bertz CT molecular complexity index is 349. The average Bonchev–Trinajstić information content (AvgIpc) is 3.22. The first-order valence-corrected chi connectivity index (χ1v) is 6.98. The molecule has 1 aromatic heterocycles. The van der Waals surface area contributed by atoms with E-state index in [1.165, 1.54) is 12.8 Å². The van der Waals surface area contributed by atoms with E-state index in [4.69, 9.17) is 4.74 Å². The number of hydrogen-bond donors (Lipinski definition) is 1. The van der Waals surface area contributed by atoms with Crippen molar-refractivity contribution in [2.45, 2.75) is 45.8 Å². The van der Waals surface area contributed by atoms with Gasteiger partial charge in [0.05, 0.1) is 0 Å². The zero-order chi connectivity index (χ0) is 12.8. The Morgan fingerprint density at radius 2 is 2.06 bits per heavy atom. The Morgan fingerprint density at radius 1 is 1.33 bits per heavy atom. The maximum Gasteiger partial charge on any atom is 0.157 e. The predicted octanol–water partition coefficient (Wildman–Crippen LogP) is 2.46. The molecule has 1 fully saturated rings. The summed E-state index contributed by atoms with van der Waals surface area (Å²) in [6.45, 7) is 6.79. The Balaban J connectivity index is 1.92. The van der Waals surface area contributed by atoms with Crippen LogP contribution in [-0.2, 0) is 11.3 Å².